The van der Waals surface area contributed by atoms with Gasteiger partial charge in [-0.25, -0.2) is 4.79 Å². The van der Waals surface area contributed by atoms with Crippen molar-refractivity contribution in [3.63, 3.8) is 0 Å². The maximum Gasteiger partial charge on any atom is 0.405 e. The van der Waals surface area contributed by atoms with Crippen LogP contribution in [0, 0.1) is 5.92 Å². The predicted molar refractivity (Wildman–Crippen MR) is 189 cm³/mol. The van der Waals surface area contributed by atoms with E-state index in [0.717, 1.165) is 29.5 Å². The third-order valence-electron chi connectivity index (χ3n) is 9.11. The van der Waals surface area contributed by atoms with E-state index in [-0.39, 0.29) is 29.7 Å². The van der Waals surface area contributed by atoms with E-state index in [2.05, 4.69) is 15.6 Å². The highest BCUT2D eigenvalue weighted by Crippen LogP contribution is 2.29. The molecule has 2 amide bonds. The fourth-order valence-electron chi connectivity index (χ4n) is 6.39. The van der Waals surface area contributed by atoms with Crippen LogP contribution >= 0.6 is 0 Å². The highest BCUT2D eigenvalue weighted by molar-refractivity contribution is 5.94. The third-order valence-corrected chi connectivity index (χ3v) is 9.11. The zero-order chi connectivity index (χ0) is 35.0. The second-order valence-corrected chi connectivity index (χ2v) is 12.5. The molecule has 6 N–H and O–H groups in total. The molecule has 6 rings (SSSR count). The first-order chi connectivity index (χ1) is 24.2. The number of carbonyl (C=O) groups excluding carboxylic acids is 1. The van der Waals surface area contributed by atoms with Gasteiger partial charge < -0.3 is 40.6 Å². The summed E-state index contributed by atoms with van der Waals surface area (Å²) in [5.41, 5.74) is 3.76. The van der Waals surface area contributed by atoms with Gasteiger partial charge in [-0.2, -0.15) is 0 Å². The molecular weight excluding hydrogens is 636 g/mol. The molecule has 0 bridgehead atoms. The Morgan fingerprint density at radius 3 is 2.38 bits per heavy atom. The number of ether oxygens (including phenoxy) is 1. The average Bonchev–Trinajstić information content (AvgIpc) is 3.14. The first-order valence-corrected chi connectivity index (χ1v) is 16.6. The van der Waals surface area contributed by atoms with Gasteiger partial charge in [0, 0.05) is 43.2 Å². The van der Waals surface area contributed by atoms with Gasteiger partial charge in [0.15, 0.2) is 0 Å². The summed E-state index contributed by atoms with van der Waals surface area (Å²) in [6.45, 7) is 2.50. The number of hydrogen-bond acceptors (Lipinski definition) is 7. The van der Waals surface area contributed by atoms with Gasteiger partial charge in [0.25, 0.3) is 5.91 Å². The Bertz CT molecular complexity index is 1990. The van der Waals surface area contributed by atoms with Crippen molar-refractivity contribution in [1.82, 2.24) is 20.5 Å². The van der Waals surface area contributed by atoms with Crippen LogP contribution in [-0.4, -0.2) is 63.4 Å². The summed E-state index contributed by atoms with van der Waals surface area (Å²) in [5.74, 6) is 0.890. The number of aromatic amines is 1. The van der Waals surface area contributed by atoms with Crippen LogP contribution in [0.3, 0.4) is 0 Å². The van der Waals surface area contributed by atoms with Gasteiger partial charge in [-0.1, -0.05) is 60.7 Å². The number of aromatic hydroxyl groups is 1. The molecule has 5 aromatic rings. The van der Waals surface area contributed by atoms with Crippen LogP contribution in [0.4, 0.5) is 4.79 Å². The molecule has 1 aliphatic rings. The Morgan fingerprint density at radius 2 is 1.64 bits per heavy atom. The number of carboxylic acid groups (broad SMARTS) is 1. The van der Waals surface area contributed by atoms with E-state index in [1.165, 1.54) is 12.1 Å². The second-order valence-electron chi connectivity index (χ2n) is 12.5. The molecule has 0 radical (unpaired) electrons. The second kappa shape index (κ2) is 15.7. The highest BCUT2D eigenvalue weighted by atomic mass is 16.5. The van der Waals surface area contributed by atoms with E-state index in [4.69, 9.17) is 4.74 Å². The third kappa shape index (κ3) is 8.31. The minimum Gasteiger partial charge on any atom is -0.506 e. The molecule has 1 aromatic heterocycles. The number of piperidine rings is 1. The number of carbonyl (C=O) groups is 2. The van der Waals surface area contributed by atoms with E-state index in [1.54, 1.807) is 12.1 Å². The standard InChI is InChI=1S/C39H40N4O7/c44-33-15-13-31(32-14-16-35(46)41-37(32)33)34(45)23-40-22-25-9-11-28(12-10-25)38(47)43-19-17-26(18-20-43)24-50-30-8-4-7-29(21-30)36(42-39(48)49)27-5-2-1-3-6-27/h1-16,21,26,34,36,40,42,44-45H,17-20,22-24H2,(H,41,46)(H,48,49)/t34-,36?/m1/s1. The lowest BCUT2D eigenvalue weighted by Gasteiger charge is -2.32. The fourth-order valence-corrected chi connectivity index (χ4v) is 6.39. The van der Waals surface area contributed by atoms with Crippen molar-refractivity contribution in [3.05, 3.63) is 141 Å². The summed E-state index contributed by atoms with van der Waals surface area (Å²) in [4.78, 5) is 40.9. The number of H-pyrrole nitrogens is 1. The summed E-state index contributed by atoms with van der Waals surface area (Å²) in [6.07, 6.45) is -0.337. The lowest BCUT2D eigenvalue weighted by molar-refractivity contribution is 0.0661. The number of phenols is 1. The molecule has 1 fully saturated rings. The Hall–Kier alpha value is -5.65. The summed E-state index contributed by atoms with van der Waals surface area (Å²) < 4.78 is 6.15. The number of likely N-dealkylation sites (tertiary alicyclic amines) is 1. The van der Waals surface area contributed by atoms with Gasteiger partial charge in [0.1, 0.15) is 11.5 Å². The van der Waals surface area contributed by atoms with Gasteiger partial charge in [0.2, 0.25) is 5.56 Å². The van der Waals surface area contributed by atoms with Crippen LogP contribution in [0.25, 0.3) is 10.9 Å². The largest absolute Gasteiger partial charge is 0.506 e. The van der Waals surface area contributed by atoms with Crippen molar-refractivity contribution >= 4 is 22.9 Å². The molecule has 258 valence electrons. The molecule has 1 saturated heterocycles. The van der Waals surface area contributed by atoms with Crippen LogP contribution in [0.2, 0.25) is 0 Å². The van der Waals surface area contributed by atoms with Crippen LogP contribution in [0.5, 0.6) is 11.5 Å². The van der Waals surface area contributed by atoms with Gasteiger partial charge in [-0.3, -0.25) is 9.59 Å². The zero-order valence-corrected chi connectivity index (χ0v) is 27.4. The van der Waals surface area contributed by atoms with Crippen molar-refractivity contribution in [2.24, 2.45) is 5.92 Å². The number of amides is 2. The lowest BCUT2D eigenvalue weighted by atomic mass is 9.97. The zero-order valence-electron chi connectivity index (χ0n) is 27.4. The number of pyridine rings is 1. The molecule has 0 aliphatic carbocycles. The SMILES string of the molecule is O=C(O)NC(c1ccccc1)c1cccc(OCC2CCN(C(=O)c3ccc(CNC[C@@H](O)c4ccc(O)c5[nH]c(=O)ccc45)cc3)CC2)c1. The van der Waals surface area contributed by atoms with Crippen LogP contribution in [0.15, 0.2) is 108 Å². The minimum atomic E-state index is -1.10. The van der Waals surface area contributed by atoms with E-state index < -0.39 is 18.2 Å². The molecule has 1 unspecified atom stereocenters. The average molecular weight is 677 g/mol. The number of aromatic nitrogens is 1. The number of phenolic OH excluding ortho intramolecular Hbond substituents is 1. The van der Waals surface area contributed by atoms with Crippen molar-refractivity contribution in [2.75, 3.05) is 26.2 Å². The topological polar surface area (TPSA) is 164 Å². The van der Waals surface area contributed by atoms with Crippen LogP contribution in [-0.2, 0) is 6.54 Å². The van der Waals surface area contributed by atoms with Crippen molar-refractivity contribution < 1.29 is 29.6 Å². The first kappa shape index (κ1) is 34.2. The minimum absolute atomic E-state index is 0.0119. The van der Waals surface area contributed by atoms with Gasteiger partial charge >= 0.3 is 6.09 Å². The lowest BCUT2D eigenvalue weighted by Crippen LogP contribution is -2.39. The summed E-state index contributed by atoms with van der Waals surface area (Å²) in [7, 11) is 0. The van der Waals surface area contributed by atoms with Gasteiger partial charge in [0.05, 0.1) is 24.3 Å². The molecule has 50 heavy (non-hydrogen) atoms. The molecule has 11 nitrogen and oxygen atoms in total. The molecule has 11 heteroatoms. The number of nitrogens with one attached hydrogen (secondary N) is 3. The molecule has 2 atom stereocenters. The maximum absolute atomic E-state index is 13.3. The van der Waals surface area contributed by atoms with Crippen LogP contribution < -0.4 is 20.9 Å². The molecule has 0 saturated carbocycles. The monoisotopic (exact) mass is 676 g/mol. The highest BCUT2D eigenvalue weighted by Gasteiger charge is 2.25. The van der Waals surface area contributed by atoms with Crippen molar-refractivity contribution in [3.8, 4) is 11.5 Å². The van der Waals surface area contributed by atoms with Crippen molar-refractivity contribution in [1.29, 1.82) is 0 Å². The Kier molecular flexibility index (Phi) is 10.8. The summed E-state index contributed by atoms with van der Waals surface area (Å²) in [5, 5.41) is 36.7. The van der Waals surface area contributed by atoms with E-state index >= 15 is 0 Å². The molecule has 0 spiro atoms. The molecular formula is C39H40N4O7. The molecule has 1 aliphatic heterocycles. The molecule has 2 heterocycles. The normalized spacial score (nSPS) is 14.6. The fraction of sp³-hybridized carbons (Fsp3) is 0.256. The summed E-state index contributed by atoms with van der Waals surface area (Å²) >= 11 is 0. The Morgan fingerprint density at radius 1 is 0.900 bits per heavy atom. The maximum atomic E-state index is 13.3. The number of rotatable bonds is 12. The molecule has 4 aromatic carbocycles. The number of aliphatic hydroxyl groups is 1. The number of benzene rings is 4. The Labute approximate surface area is 289 Å². The number of aliphatic hydroxyl groups excluding tert-OH is 1. The number of nitrogens with zero attached hydrogens (tertiary/aromatic N) is 1. The van der Waals surface area contributed by atoms with E-state index in [0.29, 0.717) is 54.0 Å². The number of fused-ring (bicyclic) bond motifs is 1. The van der Waals surface area contributed by atoms with E-state index in [1.807, 2.05) is 83.8 Å². The van der Waals surface area contributed by atoms with Crippen molar-refractivity contribution in [2.45, 2.75) is 31.5 Å². The summed E-state index contributed by atoms with van der Waals surface area (Å²) in [6, 6.07) is 29.9. The quantitative estimate of drug-likeness (QED) is 0.103. The Balaban J connectivity index is 0.963. The van der Waals surface area contributed by atoms with Crippen LogP contribution in [0.1, 0.15) is 57.6 Å². The number of hydrogen-bond donors (Lipinski definition) is 6. The van der Waals surface area contributed by atoms with E-state index in [9.17, 15) is 29.7 Å². The van der Waals surface area contributed by atoms with Gasteiger partial charge in [-0.05, 0) is 77.4 Å². The first-order valence-electron chi connectivity index (χ1n) is 16.6. The predicted octanol–water partition coefficient (Wildman–Crippen LogP) is 5.35. The van der Waals surface area contributed by atoms with Gasteiger partial charge in [-0.15, -0.1) is 0 Å². The smallest absolute Gasteiger partial charge is 0.405 e.